The van der Waals surface area contributed by atoms with Crippen molar-refractivity contribution in [3.05, 3.63) is 71.5 Å². The van der Waals surface area contributed by atoms with E-state index in [1.54, 1.807) is 12.1 Å². The van der Waals surface area contributed by atoms with Crippen molar-refractivity contribution in [1.82, 2.24) is 5.32 Å². The lowest BCUT2D eigenvalue weighted by Crippen LogP contribution is -2.12. The molecule has 0 radical (unpaired) electrons. The van der Waals surface area contributed by atoms with Gasteiger partial charge in [-0.15, -0.1) is 0 Å². The SMILES string of the molecule is Fc1cccc(CNCc2ccccc2)c1.O=C(O)C(=O)O. The van der Waals surface area contributed by atoms with Gasteiger partial charge in [-0.05, 0) is 23.3 Å². The molecule has 2 rings (SSSR count). The molecule has 0 amide bonds. The van der Waals surface area contributed by atoms with Gasteiger partial charge in [-0.1, -0.05) is 42.5 Å². The fourth-order valence-corrected chi connectivity index (χ4v) is 1.59. The summed E-state index contributed by atoms with van der Waals surface area (Å²) in [7, 11) is 0. The van der Waals surface area contributed by atoms with E-state index in [0.29, 0.717) is 6.54 Å². The van der Waals surface area contributed by atoms with Crippen molar-refractivity contribution in [2.45, 2.75) is 13.1 Å². The van der Waals surface area contributed by atoms with Crippen LogP contribution in [0.1, 0.15) is 11.1 Å². The Morgan fingerprint density at radius 3 is 1.95 bits per heavy atom. The lowest BCUT2D eigenvalue weighted by molar-refractivity contribution is -0.159. The maximum atomic E-state index is 12.9. The lowest BCUT2D eigenvalue weighted by Gasteiger charge is -2.05. The monoisotopic (exact) mass is 305 g/mol. The molecule has 0 unspecified atom stereocenters. The summed E-state index contributed by atoms with van der Waals surface area (Å²) >= 11 is 0. The van der Waals surface area contributed by atoms with E-state index >= 15 is 0 Å². The highest BCUT2D eigenvalue weighted by molar-refractivity contribution is 6.27. The summed E-state index contributed by atoms with van der Waals surface area (Å²) in [6.07, 6.45) is 0. The van der Waals surface area contributed by atoms with Crippen LogP contribution in [-0.4, -0.2) is 22.2 Å². The summed E-state index contributed by atoms with van der Waals surface area (Å²) in [6, 6.07) is 16.8. The number of aliphatic carboxylic acids is 2. The average molecular weight is 305 g/mol. The number of carboxylic acid groups (broad SMARTS) is 2. The van der Waals surface area contributed by atoms with Gasteiger partial charge in [0, 0.05) is 13.1 Å². The van der Waals surface area contributed by atoms with Crippen molar-refractivity contribution in [2.75, 3.05) is 0 Å². The molecule has 0 saturated heterocycles. The van der Waals surface area contributed by atoms with Crippen LogP contribution < -0.4 is 5.32 Å². The molecular weight excluding hydrogens is 289 g/mol. The molecule has 0 aliphatic rings. The van der Waals surface area contributed by atoms with Gasteiger partial charge in [0.25, 0.3) is 0 Å². The standard InChI is InChI=1S/C14H14FN.C2H2O4/c15-14-8-4-7-13(9-14)11-16-10-12-5-2-1-3-6-12;3-1(4)2(5)6/h1-9,16H,10-11H2;(H,3,4)(H,5,6). The summed E-state index contributed by atoms with van der Waals surface area (Å²) in [5.41, 5.74) is 2.20. The number of hydrogen-bond donors (Lipinski definition) is 3. The van der Waals surface area contributed by atoms with Gasteiger partial charge >= 0.3 is 11.9 Å². The van der Waals surface area contributed by atoms with Crippen LogP contribution in [0.5, 0.6) is 0 Å². The Kier molecular flexibility index (Phi) is 7.28. The van der Waals surface area contributed by atoms with Crippen molar-refractivity contribution >= 4 is 11.9 Å². The van der Waals surface area contributed by atoms with E-state index in [1.807, 2.05) is 24.3 Å². The fourth-order valence-electron chi connectivity index (χ4n) is 1.59. The van der Waals surface area contributed by atoms with Gasteiger partial charge in [0.15, 0.2) is 0 Å². The zero-order chi connectivity index (χ0) is 16.4. The Labute approximate surface area is 127 Å². The molecule has 2 aromatic carbocycles. The van der Waals surface area contributed by atoms with E-state index < -0.39 is 11.9 Å². The van der Waals surface area contributed by atoms with Gasteiger partial charge in [-0.2, -0.15) is 0 Å². The smallest absolute Gasteiger partial charge is 0.414 e. The Hall–Kier alpha value is -2.73. The molecule has 0 atom stereocenters. The van der Waals surface area contributed by atoms with Crippen LogP contribution >= 0.6 is 0 Å². The zero-order valence-electron chi connectivity index (χ0n) is 11.7. The highest BCUT2D eigenvalue weighted by Gasteiger charge is 2.04. The van der Waals surface area contributed by atoms with Gasteiger partial charge in [0.1, 0.15) is 5.82 Å². The average Bonchev–Trinajstić information content (AvgIpc) is 2.49. The van der Waals surface area contributed by atoms with Crippen molar-refractivity contribution in [3.8, 4) is 0 Å². The molecule has 5 nitrogen and oxygen atoms in total. The Balaban J connectivity index is 0.000000346. The Bertz CT molecular complexity index is 605. The minimum atomic E-state index is -1.82. The molecule has 22 heavy (non-hydrogen) atoms. The van der Waals surface area contributed by atoms with Crippen LogP contribution in [0.4, 0.5) is 4.39 Å². The van der Waals surface area contributed by atoms with E-state index in [-0.39, 0.29) is 5.82 Å². The lowest BCUT2D eigenvalue weighted by atomic mass is 10.2. The third-order valence-corrected chi connectivity index (χ3v) is 2.57. The normalized spacial score (nSPS) is 9.50. The highest BCUT2D eigenvalue weighted by atomic mass is 19.1. The molecule has 0 aliphatic heterocycles. The molecule has 0 saturated carbocycles. The van der Waals surface area contributed by atoms with Gasteiger partial charge in [-0.3, -0.25) is 0 Å². The van der Waals surface area contributed by atoms with E-state index in [9.17, 15) is 4.39 Å². The summed E-state index contributed by atoms with van der Waals surface area (Å²) in [6.45, 7) is 1.49. The van der Waals surface area contributed by atoms with Crippen molar-refractivity contribution in [2.24, 2.45) is 0 Å². The summed E-state index contributed by atoms with van der Waals surface area (Å²) in [5, 5.41) is 18.1. The number of hydrogen-bond acceptors (Lipinski definition) is 3. The number of nitrogens with one attached hydrogen (secondary N) is 1. The predicted octanol–water partition coefficient (Wildman–Crippen LogP) is 2.27. The number of benzene rings is 2. The van der Waals surface area contributed by atoms with E-state index in [4.69, 9.17) is 19.8 Å². The van der Waals surface area contributed by atoms with Crippen LogP contribution in [0.3, 0.4) is 0 Å². The predicted molar refractivity (Wildman–Crippen MR) is 78.7 cm³/mol. The summed E-state index contributed by atoms with van der Waals surface area (Å²) < 4.78 is 12.9. The molecule has 0 bridgehead atoms. The molecular formula is C16H16FNO4. The maximum Gasteiger partial charge on any atom is 0.414 e. The first-order valence-electron chi connectivity index (χ1n) is 6.44. The molecule has 0 fully saturated rings. The second-order valence-corrected chi connectivity index (χ2v) is 4.33. The number of carboxylic acids is 2. The van der Waals surface area contributed by atoms with Crippen LogP contribution in [-0.2, 0) is 22.7 Å². The third-order valence-electron chi connectivity index (χ3n) is 2.57. The van der Waals surface area contributed by atoms with Crippen molar-refractivity contribution in [3.63, 3.8) is 0 Å². The van der Waals surface area contributed by atoms with Gasteiger partial charge in [0.2, 0.25) is 0 Å². The van der Waals surface area contributed by atoms with Crippen LogP contribution in [0.25, 0.3) is 0 Å². The van der Waals surface area contributed by atoms with Crippen molar-refractivity contribution in [1.29, 1.82) is 0 Å². The van der Waals surface area contributed by atoms with Gasteiger partial charge in [0.05, 0.1) is 0 Å². The quantitative estimate of drug-likeness (QED) is 0.754. The molecule has 0 aromatic heterocycles. The first-order chi connectivity index (χ1) is 10.5. The summed E-state index contributed by atoms with van der Waals surface area (Å²) in [5.74, 6) is -3.83. The minimum absolute atomic E-state index is 0.181. The molecule has 6 heteroatoms. The van der Waals surface area contributed by atoms with Crippen LogP contribution in [0.15, 0.2) is 54.6 Å². The molecule has 0 heterocycles. The van der Waals surface area contributed by atoms with Crippen LogP contribution in [0, 0.1) is 5.82 Å². The first-order valence-corrected chi connectivity index (χ1v) is 6.44. The summed E-state index contributed by atoms with van der Waals surface area (Å²) in [4.78, 5) is 18.2. The van der Waals surface area contributed by atoms with Gasteiger partial charge < -0.3 is 15.5 Å². The number of carbonyl (C=O) groups is 2. The van der Waals surface area contributed by atoms with E-state index in [1.165, 1.54) is 11.6 Å². The number of rotatable bonds is 4. The highest BCUT2D eigenvalue weighted by Crippen LogP contribution is 2.04. The Morgan fingerprint density at radius 1 is 0.864 bits per heavy atom. The van der Waals surface area contributed by atoms with Gasteiger partial charge in [-0.25, -0.2) is 14.0 Å². The maximum absolute atomic E-state index is 12.9. The molecule has 3 N–H and O–H groups in total. The van der Waals surface area contributed by atoms with E-state index in [2.05, 4.69) is 17.4 Å². The molecule has 2 aromatic rings. The second-order valence-electron chi connectivity index (χ2n) is 4.33. The van der Waals surface area contributed by atoms with Crippen LogP contribution in [0.2, 0.25) is 0 Å². The van der Waals surface area contributed by atoms with Crippen molar-refractivity contribution < 1.29 is 24.2 Å². The fraction of sp³-hybridized carbons (Fsp3) is 0.125. The second kappa shape index (κ2) is 9.25. The zero-order valence-corrected chi connectivity index (χ0v) is 11.7. The number of halogens is 1. The largest absolute Gasteiger partial charge is 0.473 e. The van der Waals surface area contributed by atoms with E-state index in [0.717, 1.165) is 12.1 Å². The topological polar surface area (TPSA) is 86.6 Å². The Morgan fingerprint density at radius 2 is 1.41 bits per heavy atom. The molecule has 0 aliphatic carbocycles. The minimum Gasteiger partial charge on any atom is -0.473 e. The molecule has 116 valence electrons. The molecule has 0 spiro atoms. The first kappa shape index (κ1) is 17.3. The third kappa shape index (κ3) is 7.16.